The van der Waals surface area contributed by atoms with E-state index in [-0.39, 0.29) is 0 Å². The maximum Gasteiger partial charge on any atom is 0.0474 e. The standard InChI is InChI=1S/C17H26N2O/c20-13-15-4-3-5-17(15)18-12-14-6-8-16(9-7-14)19-10-1-2-11-19/h6-9,15,17-18,20H,1-5,10-13H2. The van der Waals surface area contributed by atoms with E-state index in [2.05, 4.69) is 34.5 Å². The third-order valence-electron chi connectivity index (χ3n) is 4.87. The molecule has 1 saturated carbocycles. The van der Waals surface area contributed by atoms with Crippen LogP contribution < -0.4 is 10.2 Å². The quantitative estimate of drug-likeness (QED) is 0.866. The molecule has 2 N–H and O–H groups in total. The Morgan fingerprint density at radius 3 is 2.50 bits per heavy atom. The third kappa shape index (κ3) is 3.15. The molecular weight excluding hydrogens is 248 g/mol. The highest BCUT2D eigenvalue weighted by Gasteiger charge is 2.25. The molecule has 1 heterocycles. The summed E-state index contributed by atoms with van der Waals surface area (Å²) in [6.07, 6.45) is 6.27. The monoisotopic (exact) mass is 274 g/mol. The normalized spacial score (nSPS) is 26.4. The van der Waals surface area contributed by atoms with Gasteiger partial charge in [-0.1, -0.05) is 18.6 Å². The van der Waals surface area contributed by atoms with Crippen LogP contribution in [0.2, 0.25) is 0 Å². The lowest BCUT2D eigenvalue weighted by Crippen LogP contribution is -2.33. The molecule has 1 saturated heterocycles. The first-order valence-corrected chi connectivity index (χ1v) is 8.05. The van der Waals surface area contributed by atoms with Crippen molar-refractivity contribution in [3.8, 4) is 0 Å². The van der Waals surface area contributed by atoms with E-state index in [0.29, 0.717) is 18.6 Å². The van der Waals surface area contributed by atoms with Crippen LogP contribution in [0.15, 0.2) is 24.3 Å². The van der Waals surface area contributed by atoms with Crippen LogP contribution in [0.25, 0.3) is 0 Å². The summed E-state index contributed by atoms with van der Waals surface area (Å²) in [5, 5.41) is 13.0. The van der Waals surface area contributed by atoms with E-state index in [4.69, 9.17) is 0 Å². The Morgan fingerprint density at radius 1 is 1.05 bits per heavy atom. The molecule has 1 aromatic carbocycles. The molecule has 0 bridgehead atoms. The topological polar surface area (TPSA) is 35.5 Å². The molecule has 1 aliphatic heterocycles. The van der Waals surface area contributed by atoms with Crippen molar-refractivity contribution in [2.24, 2.45) is 5.92 Å². The molecule has 0 spiro atoms. The largest absolute Gasteiger partial charge is 0.396 e. The summed E-state index contributed by atoms with van der Waals surface area (Å²) >= 11 is 0. The molecule has 20 heavy (non-hydrogen) atoms. The van der Waals surface area contributed by atoms with E-state index in [1.54, 1.807) is 0 Å². The number of aliphatic hydroxyl groups is 1. The van der Waals surface area contributed by atoms with E-state index in [0.717, 1.165) is 6.54 Å². The summed E-state index contributed by atoms with van der Waals surface area (Å²) in [6, 6.07) is 9.48. The van der Waals surface area contributed by atoms with Crippen molar-refractivity contribution in [3.05, 3.63) is 29.8 Å². The van der Waals surface area contributed by atoms with E-state index < -0.39 is 0 Å². The fourth-order valence-electron chi connectivity index (χ4n) is 3.57. The van der Waals surface area contributed by atoms with Gasteiger partial charge in [0.2, 0.25) is 0 Å². The molecule has 1 aromatic rings. The molecule has 2 aliphatic rings. The molecule has 3 heteroatoms. The Morgan fingerprint density at radius 2 is 1.80 bits per heavy atom. The van der Waals surface area contributed by atoms with Gasteiger partial charge in [-0.3, -0.25) is 0 Å². The van der Waals surface area contributed by atoms with E-state index in [1.165, 1.54) is 56.4 Å². The molecule has 110 valence electrons. The van der Waals surface area contributed by atoms with Gasteiger partial charge in [0.25, 0.3) is 0 Å². The number of rotatable bonds is 5. The first-order valence-electron chi connectivity index (χ1n) is 8.05. The number of hydrogen-bond acceptors (Lipinski definition) is 3. The van der Waals surface area contributed by atoms with Crippen LogP contribution in [-0.4, -0.2) is 30.8 Å². The van der Waals surface area contributed by atoms with Gasteiger partial charge in [-0.05, 0) is 49.3 Å². The van der Waals surface area contributed by atoms with Gasteiger partial charge in [0.1, 0.15) is 0 Å². The minimum Gasteiger partial charge on any atom is -0.396 e. The van der Waals surface area contributed by atoms with Gasteiger partial charge in [-0.25, -0.2) is 0 Å². The van der Waals surface area contributed by atoms with Gasteiger partial charge in [0, 0.05) is 38.0 Å². The van der Waals surface area contributed by atoms with Crippen molar-refractivity contribution < 1.29 is 5.11 Å². The number of nitrogens with one attached hydrogen (secondary N) is 1. The molecule has 1 aliphatic carbocycles. The first-order chi connectivity index (χ1) is 9.86. The van der Waals surface area contributed by atoms with Crippen molar-refractivity contribution >= 4 is 5.69 Å². The van der Waals surface area contributed by atoms with Gasteiger partial charge in [0.15, 0.2) is 0 Å². The van der Waals surface area contributed by atoms with Crippen LogP contribution in [-0.2, 0) is 6.54 Å². The Balaban J connectivity index is 1.52. The smallest absolute Gasteiger partial charge is 0.0474 e. The summed E-state index contributed by atoms with van der Waals surface area (Å²) in [5.41, 5.74) is 2.71. The maximum atomic E-state index is 9.35. The van der Waals surface area contributed by atoms with Crippen LogP contribution in [0, 0.1) is 5.92 Å². The number of nitrogens with zero attached hydrogens (tertiary/aromatic N) is 1. The Hall–Kier alpha value is -1.06. The predicted molar refractivity (Wildman–Crippen MR) is 82.9 cm³/mol. The summed E-state index contributed by atoms with van der Waals surface area (Å²) in [7, 11) is 0. The Labute approximate surface area is 122 Å². The number of aliphatic hydroxyl groups excluding tert-OH is 1. The number of benzene rings is 1. The minimum absolute atomic E-state index is 0.325. The van der Waals surface area contributed by atoms with Gasteiger partial charge in [0.05, 0.1) is 0 Å². The van der Waals surface area contributed by atoms with Crippen LogP contribution in [0.5, 0.6) is 0 Å². The van der Waals surface area contributed by atoms with Crippen molar-refractivity contribution in [1.29, 1.82) is 0 Å². The zero-order chi connectivity index (χ0) is 13.8. The van der Waals surface area contributed by atoms with E-state index >= 15 is 0 Å². The molecular formula is C17H26N2O. The lowest BCUT2D eigenvalue weighted by Gasteiger charge is -2.20. The van der Waals surface area contributed by atoms with Crippen LogP contribution in [0.3, 0.4) is 0 Å². The fraction of sp³-hybridized carbons (Fsp3) is 0.647. The minimum atomic E-state index is 0.325. The molecule has 3 nitrogen and oxygen atoms in total. The lowest BCUT2D eigenvalue weighted by molar-refractivity contribution is 0.205. The lowest BCUT2D eigenvalue weighted by atomic mass is 10.0. The second-order valence-corrected chi connectivity index (χ2v) is 6.22. The average Bonchev–Trinajstić information content (AvgIpc) is 3.16. The summed E-state index contributed by atoms with van der Waals surface area (Å²) in [4.78, 5) is 2.47. The average molecular weight is 274 g/mol. The molecule has 2 fully saturated rings. The second kappa shape index (κ2) is 6.59. The van der Waals surface area contributed by atoms with Crippen LogP contribution in [0.1, 0.15) is 37.7 Å². The predicted octanol–water partition coefficient (Wildman–Crippen LogP) is 2.54. The SMILES string of the molecule is OCC1CCCC1NCc1ccc(N2CCCC2)cc1. The van der Waals surface area contributed by atoms with E-state index in [9.17, 15) is 5.11 Å². The first kappa shape index (κ1) is 13.9. The molecule has 0 radical (unpaired) electrons. The Kier molecular flexibility index (Phi) is 4.58. The molecule has 3 rings (SSSR count). The molecule has 2 unspecified atom stereocenters. The fourth-order valence-corrected chi connectivity index (χ4v) is 3.57. The van der Waals surface area contributed by atoms with Gasteiger partial charge >= 0.3 is 0 Å². The highest BCUT2D eigenvalue weighted by Crippen LogP contribution is 2.25. The summed E-state index contributed by atoms with van der Waals surface area (Å²) < 4.78 is 0. The zero-order valence-corrected chi connectivity index (χ0v) is 12.2. The van der Waals surface area contributed by atoms with Crippen molar-refractivity contribution in [1.82, 2.24) is 5.32 Å². The van der Waals surface area contributed by atoms with Gasteiger partial charge < -0.3 is 15.3 Å². The van der Waals surface area contributed by atoms with E-state index in [1.807, 2.05) is 0 Å². The third-order valence-corrected chi connectivity index (χ3v) is 4.87. The maximum absolute atomic E-state index is 9.35. The van der Waals surface area contributed by atoms with Crippen molar-refractivity contribution in [2.75, 3.05) is 24.6 Å². The Bertz CT molecular complexity index is 412. The summed E-state index contributed by atoms with van der Waals surface area (Å²) in [6.45, 7) is 3.66. The van der Waals surface area contributed by atoms with Gasteiger partial charge in [-0.15, -0.1) is 0 Å². The van der Waals surface area contributed by atoms with Crippen molar-refractivity contribution in [3.63, 3.8) is 0 Å². The van der Waals surface area contributed by atoms with Crippen LogP contribution in [0.4, 0.5) is 5.69 Å². The van der Waals surface area contributed by atoms with Gasteiger partial charge in [-0.2, -0.15) is 0 Å². The van der Waals surface area contributed by atoms with Crippen LogP contribution >= 0.6 is 0 Å². The summed E-state index contributed by atoms with van der Waals surface area (Å²) in [5.74, 6) is 0.457. The van der Waals surface area contributed by atoms with Crippen molar-refractivity contribution in [2.45, 2.75) is 44.7 Å². The second-order valence-electron chi connectivity index (χ2n) is 6.22. The molecule has 2 atom stereocenters. The highest BCUT2D eigenvalue weighted by molar-refractivity contribution is 5.48. The number of anilines is 1. The molecule has 0 aromatic heterocycles. The number of hydrogen-bond donors (Lipinski definition) is 2. The molecule has 0 amide bonds. The zero-order valence-electron chi connectivity index (χ0n) is 12.2. The highest BCUT2D eigenvalue weighted by atomic mass is 16.3.